The van der Waals surface area contributed by atoms with E-state index in [1.165, 1.54) is 51.5 Å². The van der Waals surface area contributed by atoms with Gasteiger partial charge in [-0.15, -0.1) is 0 Å². The van der Waals surface area contributed by atoms with Crippen molar-refractivity contribution in [2.45, 2.75) is 70.9 Å². The van der Waals surface area contributed by atoms with Crippen LogP contribution < -0.4 is 10.6 Å². The number of guanidine groups is 1. The maximum absolute atomic E-state index is 6.05. The molecular formula is C19H36N4O. The molecule has 2 atom stereocenters. The van der Waals surface area contributed by atoms with E-state index in [2.05, 4.69) is 29.4 Å². The highest BCUT2D eigenvalue weighted by molar-refractivity contribution is 5.79. The quantitative estimate of drug-likeness (QED) is 0.577. The summed E-state index contributed by atoms with van der Waals surface area (Å²) < 4.78 is 6.05. The van der Waals surface area contributed by atoms with Gasteiger partial charge in [-0.1, -0.05) is 19.8 Å². The molecule has 0 aromatic heterocycles. The summed E-state index contributed by atoms with van der Waals surface area (Å²) in [5, 5.41) is 6.93. The summed E-state index contributed by atoms with van der Waals surface area (Å²) in [4.78, 5) is 7.52. The highest BCUT2D eigenvalue weighted by Gasteiger charge is 2.33. The van der Waals surface area contributed by atoms with Gasteiger partial charge >= 0.3 is 0 Å². The highest BCUT2D eigenvalue weighted by atomic mass is 16.5. The smallest absolute Gasteiger partial charge is 0.191 e. The molecule has 2 aliphatic heterocycles. The molecule has 3 fully saturated rings. The van der Waals surface area contributed by atoms with Crippen molar-refractivity contribution in [3.8, 4) is 0 Å². The summed E-state index contributed by atoms with van der Waals surface area (Å²) in [7, 11) is 0. The molecular weight excluding hydrogens is 300 g/mol. The van der Waals surface area contributed by atoms with Crippen LogP contribution >= 0.6 is 0 Å². The zero-order chi connectivity index (χ0) is 16.8. The molecule has 2 saturated heterocycles. The molecule has 0 radical (unpaired) electrons. The first-order valence-corrected chi connectivity index (χ1v) is 10.1. The molecule has 1 aliphatic carbocycles. The maximum atomic E-state index is 6.05. The van der Waals surface area contributed by atoms with Crippen LogP contribution in [0.1, 0.15) is 58.8 Å². The van der Waals surface area contributed by atoms with Gasteiger partial charge in [-0.05, 0) is 51.0 Å². The number of nitrogens with one attached hydrogen (secondary N) is 2. The Labute approximate surface area is 147 Å². The highest BCUT2D eigenvalue weighted by Crippen LogP contribution is 2.41. The largest absolute Gasteiger partial charge is 0.373 e. The van der Waals surface area contributed by atoms with Crippen LogP contribution in [-0.4, -0.2) is 62.3 Å². The third-order valence-corrected chi connectivity index (χ3v) is 6.29. The second kappa shape index (κ2) is 8.52. The molecule has 0 aromatic carbocycles. The standard InChI is InChI=1S/C19H36N4O/c1-3-19(9-5-6-10-19)15-22-18(20-4-2)21-12-17-13-23-11-7-8-16(23)14-24-17/h16-17H,3-15H2,1-2H3,(H2,20,21,22). The summed E-state index contributed by atoms with van der Waals surface area (Å²) in [6, 6.07) is 0.676. The normalized spacial score (nSPS) is 30.3. The predicted molar refractivity (Wildman–Crippen MR) is 99.5 cm³/mol. The fourth-order valence-electron chi connectivity index (χ4n) is 4.56. The Morgan fingerprint density at radius 3 is 2.79 bits per heavy atom. The molecule has 0 bridgehead atoms. The van der Waals surface area contributed by atoms with Gasteiger partial charge in [0.25, 0.3) is 0 Å². The number of fused-ring (bicyclic) bond motifs is 1. The Hall–Kier alpha value is -0.810. The molecule has 3 aliphatic rings. The van der Waals surface area contributed by atoms with E-state index in [0.29, 0.717) is 11.5 Å². The van der Waals surface area contributed by atoms with E-state index in [9.17, 15) is 0 Å². The lowest BCUT2D eigenvalue weighted by Crippen LogP contribution is -2.51. The lowest BCUT2D eigenvalue weighted by atomic mass is 9.84. The number of hydrogen-bond donors (Lipinski definition) is 2. The van der Waals surface area contributed by atoms with Crippen LogP contribution in [0.4, 0.5) is 0 Å². The lowest BCUT2D eigenvalue weighted by molar-refractivity contribution is -0.0453. The lowest BCUT2D eigenvalue weighted by Gasteiger charge is -2.35. The first-order valence-electron chi connectivity index (χ1n) is 10.1. The zero-order valence-corrected chi connectivity index (χ0v) is 15.6. The molecule has 2 heterocycles. The number of morpholine rings is 1. The van der Waals surface area contributed by atoms with Gasteiger partial charge in [0.05, 0.1) is 12.7 Å². The second-order valence-electron chi connectivity index (χ2n) is 7.88. The Morgan fingerprint density at radius 1 is 1.21 bits per heavy atom. The van der Waals surface area contributed by atoms with Gasteiger partial charge in [0, 0.05) is 32.2 Å². The molecule has 0 amide bonds. The van der Waals surface area contributed by atoms with E-state index in [0.717, 1.165) is 38.7 Å². The number of ether oxygens (including phenoxy) is 1. The number of rotatable bonds is 6. The van der Waals surface area contributed by atoms with Crippen LogP contribution in [0, 0.1) is 5.41 Å². The second-order valence-corrected chi connectivity index (χ2v) is 7.88. The van der Waals surface area contributed by atoms with E-state index in [1.54, 1.807) is 0 Å². The van der Waals surface area contributed by atoms with Crippen molar-refractivity contribution >= 4 is 5.96 Å². The molecule has 138 valence electrons. The Morgan fingerprint density at radius 2 is 2.04 bits per heavy atom. The van der Waals surface area contributed by atoms with Crippen molar-refractivity contribution in [2.24, 2.45) is 10.4 Å². The fourth-order valence-corrected chi connectivity index (χ4v) is 4.56. The first-order chi connectivity index (χ1) is 11.7. The van der Waals surface area contributed by atoms with Crippen molar-refractivity contribution < 1.29 is 4.74 Å². The van der Waals surface area contributed by atoms with E-state index >= 15 is 0 Å². The molecule has 5 nitrogen and oxygen atoms in total. The average Bonchev–Trinajstić information content (AvgIpc) is 3.26. The predicted octanol–water partition coefficient (Wildman–Crippen LogP) is 2.38. The van der Waals surface area contributed by atoms with Crippen LogP contribution in [-0.2, 0) is 4.74 Å². The molecule has 2 N–H and O–H groups in total. The molecule has 0 aromatic rings. The Kier molecular flexibility index (Phi) is 6.39. The van der Waals surface area contributed by atoms with Crippen molar-refractivity contribution in [2.75, 3.05) is 39.3 Å². The van der Waals surface area contributed by atoms with Crippen molar-refractivity contribution in [1.82, 2.24) is 15.5 Å². The Bertz CT molecular complexity index is 420. The van der Waals surface area contributed by atoms with Gasteiger partial charge in [0.2, 0.25) is 0 Å². The van der Waals surface area contributed by atoms with Crippen LogP contribution in [0.25, 0.3) is 0 Å². The van der Waals surface area contributed by atoms with Crippen LogP contribution in [0.15, 0.2) is 4.99 Å². The summed E-state index contributed by atoms with van der Waals surface area (Å²) in [6.45, 7) is 10.4. The third-order valence-electron chi connectivity index (χ3n) is 6.29. The first kappa shape index (κ1) is 18.0. The van der Waals surface area contributed by atoms with Gasteiger partial charge in [0.1, 0.15) is 0 Å². The van der Waals surface area contributed by atoms with Gasteiger partial charge in [-0.3, -0.25) is 9.89 Å². The minimum absolute atomic E-state index is 0.287. The number of aliphatic imine (C=N–C) groups is 1. The topological polar surface area (TPSA) is 48.9 Å². The minimum Gasteiger partial charge on any atom is -0.373 e. The van der Waals surface area contributed by atoms with Crippen LogP contribution in [0.3, 0.4) is 0 Å². The van der Waals surface area contributed by atoms with E-state index in [4.69, 9.17) is 9.73 Å². The van der Waals surface area contributed by atoms with E-state index in [1.807, 2.05) is 0 Å². The summed E-state index contributed by atoms with van der Waals surface area (Å²) >= 11 is 0. The van der Waals surface area contributed by atoms with Crippen molar-refractivity contribution in [3.05, 3.63) is 0 Å². The average molecular weight is 337 g/mol. The van der Waals surface area contributed by atoms with Gasteiger partial charge in [0.15, 0.2) is 5.96 Å². The zero-order valence-electron chi connectivity index (χ0n) is 15.6. The maximum Gasteiger partial charge on any atom is 0.191 e. The SMILES string of the molecule is CCNC(=NCC1(CC)CCCC1)NCC1CN2CCCC2CO1. The molecule has 2 unspecified atom stereocenters. The van der Waals surface area contributed by atoms with Gasteiger partial charge < -0.3 is 15.4 Å². The summed E-state index contributed by atoms with van der Waals surface area (Å²) in [5.74, 6) is 0.962. The van der Waals surface area contributed by atoms with Crippen LogP contribution in [0.2, 0.25) is 0 Å². The van der Waals surface area contributed by atoms with E-state index < -0.39 is 0 Å². The summed E-state index contributed by atoms with van der Waals surface area (Å²) in [5.41, 5.74) is 0.451. The van der Waals surface area contributed by atoms with Gasteiger partial charge in [-0.2, -0.15) is 0 Å². The number of hydrogen-bond acceptors (Lipinski definition) is 3. The van der Waals surface area contributed by atoms with E-state index in [-0.39, 0.29) is 6.10 Å². The van der Waals surface area contributed by atoms with Crippen molar-refractivity contribution in [3.63, 3.8) is 0 Å². The van der Waals surface area contributed by atoms with Gasteiger partial charge in [-0.25, -0.2) is 0 Å². The van der Waals surface area contributed by atoms with Crippen LogP contribution in [0.5, 0.6) is 0 Å². The van der Waals surface area contributed by atoms with Crippen molar-refractivity contribution in [1.29, 1.82) is 0 Å². The number of nitrogens with zero attached hydrogens (tertiary/aromatic N) is 2. The fraction of sp³-hybridized carbons (Fsp3) is 0.947. The Balaban J connectivity index is 1.49. The molecule has 1 saturated carbocycles. The summed E-state index contributed by atoms with van der Waals surface area (Å²) in [6.07, 6.45) is 9.61. The third kappa shape index (κ3) is 4.42. The molecule has 0 spiro atoms. The molecule has 5 heteroatoms. The monoisotopic (exact) mass is 336 g/mol. The minimum atomic E-state index is 0.287. The molecule has 24 heavy (non-hydrogen) atoms. The molecule has 3 rings (SSSR count).